The highest BCUT2D eigenvalue weighted by Gasteiger charge is 2.15. The lowest BCUT2D eigenvalue weighted by molar-refractivity contribution is 0.0729. The molecule has 0 radical (unpaired) electrons. The van der Waals surface area contributed by atoms with Gasteiger partial charge in [-0.15, -0.1) is 0 Å². The van der Waals surface area contributed by atoms with Crippen LogP contribution in [0.15, 0.2) is 64.3 Å². The molecule has 8 heteroatoms. The van der Waals surface area contributed by atoms with Crippen molar-refractivity contribution in [2.75, 3.05) is 0 Å². The number of halogens is 3. The normalized spacial score (nSPS) is 10.9. The summed E-state index contributed by atoms with van der Waals surface area (Å²) in [5, 5.41) is 11.3. The van der Waals surface area contributed by atoms with Crippen molar-refractivity contribution < 1.29 is 14.6 Å². The Morgan fingerprint density at radius 2 is 2.04 bits per heavy atom. The first-order valence-corrected chi connectivity index (χ1v) is 9.13. The zero-order valence-corrected chi connectivity index (χ0v) is 16.7. The number of nitrogens with zero attached hydrogens (tertiary/aromatic N) is 2. The van der Waals surface area contributed by atoms with Crippen molar-refractivity contribution in [1.82, 2.24) is 4.98 Å². The summed E-state index contributed by atoms with van der Waals surface area (Å²) in [7, 11) is 0. The van der Waals surface area contributed by atoms with Gasteiger partial charge in [0.2, 0.25) is 0 Å². The number of aliphatic imine (C=N–C) groups is 1. The Labute approximate surface area is 173 Å². The maximum absolute atomic E-state index is 12.2. The summed E-state index contributed by atoms with van der Waals surface area (Å²) < 4.78 is 5.88. The maximum atomic E-state index is 12.2. The number of esters is 1. The van der Waals surface area contributed by atoms with Crippen LogP contribution < -0.4 is 4.74 Å². The van der Waals surface area contributed by atoms with Gasteiger partial charge in [-0.2, -0.15) is 0 Å². The largest absolute Gasteiger partial charge is 0.504 e. The summed E-state index contributed by atoms with van der Waals surface area (Å²) >= 11 is 15.3. The highest BCUT2D eigenvalue weighted by molar-refractivity contribution is 9.10. The molecule has 0 aliphatic rings. The van der Waals surface area contributed by atoms with Crippen molar-refractivity contribution >= 4 is 57.0 Å². The van der Waals surface area contributed by atoms with Gasteiger partial charge in [0, 0.05) is 33.7 Å². The highest BCUT2D eigenvalue weighted by Crippen LogP contribution is 2.34. The van der Waals surface area contributed by atoms with Gasteiger partial charge in [0.15, 0.2) is 11.5 Å². The Hall–Kier alpha value is -2.41. The Morgan fingerprint density at radius 3 is 2.74 bits per heavy atom. The van der Waals surface area contributed by atoms with E-state index in [1.54, 1.807) is 42.6 Å². The maximum Gasteiger partial charge on any atom is 0.345 e. The molecule has 1 N–H and O–H groups in total. The van der Waals surface area contributed by atoms with E-state index in [4.69, 9.17) is 27.9 Å². The third-order valence-corrected chi connectivity index (χ3v) is 4.42. The minimum absolute atomic E-state index is 0.0121. The molecule has 0 aliphatic heterocycles. The van der Waals surface area contributed by atoms with Crippen molar-refractivity contribution in [1.29, 1.82) is 0 Å². The fourth-order valence-electron chi connectivity index (χ4n) is 2.14. The van der Waals surface area contributed by atoms with Crippen LogP contribution in [0.3, 0.4) is 0 Å². The predicted octanol–water partition coefficient (Wildman–Crippen LogP) is 5.83. The van der Waals surface area contributed by atoms with Crippen LogP contribution in [-0.4, -0.2) is 22.3 Å². The zero-order chi connectivity index (χ0) is 19.4. The molecule has 1 heterocycles. The fourth-order valence-corrected chi connectivity index (χ4v) is 3.05. The molecule has 136 valence electrons. The topological polar surface area (TPSA) is 71.8 Å². The van der Waals surface area contributed by atoms with E-state index in [1.807, 2.05) is 0 Å². The second-order valence-electron chi connectivity index (χ2n) is 5.33. The molecule has 2 aromatic carbocycles. The Balaban J connectivity index is 1.89. The van der Waals surface area contributed by atoms with E-state index in [1.165, 1.54) is 18.5 Å². The number of aromatic nitrogens is 1. The first-order valence-electron chi connectivity index (χ1n) is 7.58. The van der Waals surface area contributed by atoms with E-state index in [9.17, 15) is 9.90 Å². The Kier molecular flexibility index (Phi) is 6.11. The van der Waals surface area contributed by atoms with Crippen LogP contribution in [-0.2, 0) is 0 Å². The van der Waals surface area contributed by atoms with Gasteiger partial charge >= 0.3 is 5.97 Å². The molecule has 0 spiro atoms. The first kappa shape index (κ1) is 19.4. The fraction of sp³-hybridized carbons (Fsp3) is 0. The van der Waals surface area contributed by atoms with E-state index in [-0.39, 0.29) is 17.1 Å². The number of carbonyl (C=O) groups excluding carboxylic acids is 1. The lowest BCUT2D eigenvalue weighted by Gasteiger charge is -2.09. The first-order chi connectivity index (χ1) is 12.9. The number of phenols is 1. The van der Waals surface area contributed by atoms with Crippen LogP contribution in [0.2, 0.25) is 10.0 Å². The van der Waals surface area contributed by atoms with E-state index in [0.717, 1.165) is 0 Å². The summed E-state index contributed by atoms with van der Waals surface area (Å²) in [4.78, 5) is 20.3. The van der Waals surface area contributed by atoms with E-state index < -0.39 is 5.97 Å². The number of benzene rings is 2. The van der Waals surface area contributed by atoms with Crippen LogP contribution in [0.5, 0.6) is 11.5 Å². The lowest BCUT2D eigenvalue weighted by atomic mass is 10.2. The van der Waals surface area contributed by atoms with Gasteiger partial charge in [-0.3, -0.25) is 9.98 Å². The molecular formula is C19H11BrCl2N2O3. The molecule has 0 unspecified atom stereocenters. The molecule has 0 saturated heterocycles. The predicted molar refractivity (Wildman–Crippen MR) is 109 cm³/mol. The van der Waals surface area contributed by atoms with Crippen molar-refractivity contribution in [3.8, 4) is 11.5 Å². The minimum Gasteiger partial charge on any atom is -0.504 e. The molecule has 3 aromatic rings. The second kappa shape index (κ2) is 8.52. The molecule has 1 aromatic heterocycles. The summed E-state index contributed by atoms with van der Waals surface area (Å²) in [5.41, 5.74) is 1.08. The molecule has 3 rings (SSSR count). The van der Waals surface area contributed by atoms with Crippen molar-refractivity contribution in [2.45, 2.75) is 0 Å². The number of pyridine rings is 1. The molecule has 0 aliphatic carbocycles. The van der Waals surface area contributed by atoms with Gasteiger partial charge in [0.1, 0.15) is 0 Å². The monoisotopic (exact) mass is 464 g/mol. The Morgan fingerprint density at radius 1 is 1.22 bits per heavy atom. The molecular weight excluding hydrogens is 455 g/mol. The van der Waals surface area contributed by atoms with Gasteiger partial charge in [-0.1, -0.05) is 39.1 Å². The Bertz CT molecular complexity index is 1030. The van der Waals surface area contributed by atoms with Gasteiger partial charge < -0.3 is 9.84 Å². The highest BCUT2D eigenvalue weighted by atomic mass is 79.9. The molecule has 0 bridgehead atoms. The second-order valence-corrected chi connectivity index (χ2v) is 7.09. The number of carbonyl (C=O) groups is 1. The van der Waals surface area contributed by atoms with Crippen LogP contribution in [0, 0.1) is 0 Å². The van der Waals surface area contributed by atoms with E-state index >= 15 is 0 Å². The molecule has 0 saturated carbocycles. The summed E-state index contributed by atoms with van der Waals surface area (Å²) in [6.45, 7) is 0. The quantitative estimate of drug-likeness (QED) is 0.299. The van der Waals surface area contributed by atoms with Crippen LogP contribution >= 0.6 is 39.1 Å². The average Bonchev–Trinajstić information content (AvgIpc) is 2.65. The van der Waals surface area contributed by atoms with Crippen molar-refractivity contribution in [3.05, 3.63) is 80.5 Å². The molecule has 0 atom stereocenters. The van der Waals surface area contributed by atoms with Gasteiger partial charge in [-0.25, -0.2) is 4.79 Å². The summed E-state index contributed by atoms with van der Waals surface area (Å²) in [6, 6.07) is 11.2. The van der Waals surface area contributed by atoms with E-state index in [0.29, 0.717) is 25.8 Å². The number of phenolic OH excluding ortho intramolecular Hbond substituents is 1. The van der Waals surface area contributed by atoms with Crippen molar-refractivity contribution in [3.63, 3.8) is 0 Å². The SMILES string of the molecule is O=C(Oc1cc(Br)cc(C=Nc2ccc(Cl)cc2Cl)c1O)c1cccnc1. The number of hydrogen-bond donors (Lipinski definition) is 1. The number of hydrogen-bond acceptors (Lipinski definition) is 5. The van der Waals surface area contributed by atoms with Crippen molar-refractivity contribution in [2.24, 2.45) is 4.99 Å². The van der Waals surface area contributed by atoms with Crippen LogP contribution in [0.1, 0.15) is 15.9 Å². The molecule has 0 amide bonds. The number of aromatic hydroxyl groups is 1. The van der Waals surface area contributed by atoms with Crippen LogP contribution in [0.25, 0.3) is 0 Å². The third-order valence-electron chi connectivity index (χ3n) is 3.42. The van der Waals surface area contributed by atoms with Gasteiger partial charge in [-0.05, 0) is 42.5 Å². The number of ether oxygens (including phenoxy) is 1. The summed E-state index contributed by atoms with van der Waals surface area (Å²) in [6.07, 6.45) is 4.34. The minimum atomic E-state index is -0.639. The molecule has 5 nitrogen and oxygen atoms in total. The summed E-state index contributed by atoms with van der Waals surface area (Å²) in [5.74, 6) is -0.883. The third kappa shape index (κ3) is 4.86. The standard InChI is InChI=1S/C19H11BrCl2N2O3/c20-13-6-12(10-24-16-4-3-14(21)8-15(16)22)18(25)17(7-13)27-19(26)11-2-1-5-23-9-11/h1-10,25H. The molecule has 0 fully saturated rings. The zero-order valence-electron chi connectivity index (χ0n) is 13.6. The lowest BCUT2D eigenvalue weighted by Crippen LogP contribution is -2.09. The van der Waals surface area contributed by atoms with Gasteiger partial charge in [0.25, 0.3) is 0 Å². The smallest absolute Gasteiger partial charge is 0.345 e. The van der Waals surface area contributed by atoms with E-state index in [2.05, 4.69) is 25.9 Å². The van der Waals surface area contributed by atoms with Crippen LogP contribution in [0.4, 0.5) is 5.69 Å². The van der Waals surface area contributed by atoms with Gasteiger partial charge in [0.05, 0.1) is 16.3 Å². The number of rotatable bonds is 4. The average molecular weight is 466 g/mol. The molecule has 27 heavy (non-hydrogen) atoms.